The van der Waals surface area contributed by atoms with E-state index >= 15 is 0 Å². The summed E-state index contributed by atoms with van der Waals surface area (Å²) in [6.45, 7) is 4.00. The molecule has 0 unspecified atom stereocenters. The van der Waals surface area contributed by atoms with Gasteiger partial charge in [-0.05, 0) is 30.9 Å². The van der Waals surface area contributed by atoms with E-state index in [1.54, 1.807) is 6.92 Å². The molecule has 1 aromatic heterocycles. The Hall–Kier alpha value is -2.19. The molecule has 0 fully saturated rings. The third-order valence-electron chi connectivity index (χ3n) is 4.15. The Morgan fingerprint density at radius 2 is 2.04 bits per heavy atom. The molecule has 8 heteroatoms. The summed E-state index contributed by atoms with van der Waals surface area (Å²) in [4.78, 5) is 12.4. The molecular formula is C16H19N3O4S. The average Bonchev–Trinajstić information content (AvgIpc) is 2.95. The molecule has 3 rings (SSSR count). The molecule has 1 N–H and O–H groups in total. The van der Waals surface area contributed by atoms with Crippen molar-refractivity contribution in [2.75, 3.05) is 6.54 Å². The van der Waals surface area contributed by atoms with Crippen LogP contribution >= 0.6 is 0 Å². The minimum atomic E-state index is -3.93. The van der Waals surface area contributed by atoms with Crippen LogP contribution in [0, 0.1) is 6.92 Å². The molecule has 7 nitrogen and oxygen atoms in total. The molecule has 2 aromatic rings. The summed E-state index contributed by atoms with van der Waals surface area (Å²) in [6, 6.07) is 7.71. The van der Waals surface area contributed by atoms with Gasteiger partial charge in [-0.1, -0.05) is 36.3 Å². The summed E-state index contributed by atoms with van der Waals surface area (Å²) in [5.41, 5.74) is 2.73. The van der Waals surface area contributed by atoms with Crippen LogP contribution in [-0.2, 0) is 29.6 Å². The molecule has 2 heterocycles. The first-order chi connectivity index (χ1) is 11.4. The molecule has 0 bridgehead atoms. The summed E-state index contributed by atoms with van der Waals surface area (Å²) >= 11 is 0. The molecular weight excluding hydrogens is 330 g/mol. The predicted octanol–water partition coefficient (Wildman–Crippen LogP) is 1.58. The number of carbonyl (C=O) groups is 1. The van der Waals surface area contributed by atoms with Gasteiger partial charge in [0, 0.05) is 13.1 Å². The number of amides is 1. The van der Waals surface area contributed by atoms with E-state index < -0.39 is 16.1 Å². The van der Waals surface area contributed by atoms with Crippen molar-refractivity contribution >= 4 is 16.1 Å². The lowest BCUT2D eigenvalue weighted by Crippen LogP contribution is -2.45. The Labute approximate surface area is 140 Å². The first-order valence-corrected chi connectivity index (χ1v) is 9.20. The van der Waals surface area contributed by atoms with E-state index in [1.165, 1.54) is 4.31 Å². The van der Waals surface area contributed by atoms with E-state index in [0.29, 0.717) is 30.8 Å². The van der Waals surface area contributed by atoms with Gasteiger partial charge in [0.25, 0.3) is 5.91 Å². The van der Waals surface area contributed by atoms with Crippen molar-refractivity contribution in [2.45, 2.75) is 33.2 Å². The Morgan fingerprint density at radius 3 is 2.75 bits per heavy atom. The van der Waals surface area contributed by atoms with E-state index in [2.05, 4.69) is 9.88 Å². The molecule has 24 heavy (non-hydrogen) atoms. The normalized spacial score (nSPS) is 15.1. The minimum Gasteiger partial charge on any atom is -0.361 e. The smallest absolute Gasteiger partial charge is 0.304 e. The van der Waals surface area contributed by atoms with E-state index in [4.69, 9.17) is 4.52 Å². The standard InChI is InChI=1S/C16H19N3O4S/c1-3-14-15(11(2)23-17-14)16(20)18-24(21,22)19-9-8-12-6-4-5-7-13(12)10-19/h4-7H,3,8-10H2,1-2H3,(H,18,20). The van der Waals surface area contributed by atoms with Crippen molar-refractivity contribution in [3.63, 3.8) is 0 Å². The number of nitrogens with one attached hydrogen (secondary N) is 1. The molecule has 0 radical (unpaired) electrons. The van der Waals surface area contributed by atoms with Gasteiger partial charge in [0.15, 0.2) is 0 Å². The third kappa shape index (κ3) is 3.07. The zero-order chi connectivity index (χ0) is 17.3. The van der Waals surface area contributed by atoms with Crippen molar-refractivity contribution < 1.29 is 17.7 Å². The highest BCUT2D eigenvalue weighted by Crippen LogP contribution is 2.21. The van der Waals surface area contributed by atoms with Crippen LogP contribution in [-0.4, -0.2) is 30.3 Å². The summed E-state index contributed by atoms with van der Waals surface area (Å²) < 4.78 is 33.5. The van der Waals surface area contributed by atoms with Gasteiger partial charge < -0.3 is 4.52 Å². The minimum absolute atomic E-state index is 0.193. The highest BCUT2D eigenvalue weighted by atomic mass is 32.2. The number of hydrogen-bond acceptors (Lipinski definition) is 5. The molecule has 1 aromatic carbocycles. The number of nitrogens with zero attached hydrogens (tertiary/aromatic N) is 2. The van der Waals surface area contributed by atoms with E-state index in [1.807, 2.05) is 31.2 Å². The number of carbonyl (C=O) groups excluding carboxylic acids is 1. The lowest BCUT2D eigenvalue weighted by atomic mass is 10.0. The monoisotopic (exact) mass is 349 g/mol. The number of benzene rings is 1. The highest BCUT2D eigenvalue weighted by molar-refractivity contribution is 7.87. The third-order valence-corrected chi connectivity index (χ3v) is 5.59. The van der Waals surface area contributed by atoms with Gasteiger partial charge in [-0.2, -0.15) is 12.7 Å². The van der Waals surface area contributed by atoms with Crippen LogP contribution in [0.4, 0.5) is 0 Å². The summed E-state index contributed by atoms with van der Waals surface area (Å²) in [5, 5.41) is 3.78. The Balaban J connectivity index is 1.80. The van der Waals surface area contributed by atoms with Crippen LogP contribution in [0.3, 0.4) is 0 Å². The first kappa shape index (κ1) is 16.7. The maximum absolute atomic E-state index is 12.6. The summed E-state index contributed by atoms with van der Waals surface area (Å²) in [5.74, 6) is -0.395. The van der Waals surface area contributed by atoms with E-state index in [9.17, 15) is 13.2 Å². The Morgan fingerprint density at radius 1 is 1.33 bits per heavy atom. The van der Waals surface area contributed by atoms with Gasteiger partial charge in [-0.3, -0.25) is 4.79 Å². The van der Waals surface area contributed by atoms with E-state index in [0.717, 1.165) is 11.1 Å². The molecule has 0 atom stereocenters. The van der Waals surface area contributed by atoms with Crippen LogP contribution in [0.15, 0.2) is 28.8 Å². The number of rotatable bonds is 4. The van der Waals surface area contributed by atoms with Gasteiger partial charge in [0.1, 0.15) is 11.3 Å². The second kappa shape index (κ2) is 6.37. The number of fused-ring (bicyclic) bond motifs is 1. The van der Waals surface area contributed by atoms with Crippen LogP contribution in [0.5, 0.6) is 0 Å². The fraction of sp³-hybridized carbons (Fsp3) is 0.375. The zero-order valence-electron chi connectivity index (χ0n) is 13.6. The molecule has 0 aliphatic carbocycles. The number of hydrogen-bond donors (Lipinski definition) is 1. The lowest BCUT2D eigenvalue weighted by molar-refractivity contribution is 0.0976. The van der Waals surface area contributed by atoms with Gasteiger partial charge >= 0.3 is 10.2 Å². The molecule has 1 aliphatic rings. The van der Waals surface area contributed by atoms with Gasteiger partial charge in [-0.15, -0.1) is 0 Å². The maximum Gasteiger partial charge on any atom is 0.304 e. The SMILES string of the molecule is CCc1noc(C)c1C(=O)NS(=O)(=O)N1CCc2ccccc2C1. The number of aromatic nitrogens is 1. The quantitative estimate of drug-likeness (QED) is 0.905. The Kier molecular flexibility index (Phi) is 4.42. The van der Waals surface area contributed by atoms with Crippen molar-refractivity contribution in [1.82, 2.24) is 14.2 Å². The second-order valence-electron chi connectivity index (χ2n) is 5.70. The highest BCUT2D eigenvalue weighted by Gasteiger charge is 2.30. The first-order valence-electron chi connectivity index (χ1n) is 7.76. The van der Waals surface area contributed by atoms with Gasteiger partial charge in [0.05, 0.1) is 5.69 Å². The largest absolute Gasteiger partial charge is 0.361 e. The van der Waals surface area contributed by atoms with Crippen molar-refractivity contribution in [3.05, 3.63) is 52.4 Å². The van der Waals surface area contributed by atoms with Crippen LogP contribution in [0.1, 0.15) is 39.9 Å². The average molecular weight is 349 g/mol. The predicted molar refractivity (Wildman–Crippen MR) is 87.6 cm³/mol. The van der Waals surface area contributed by atoms with Gasteiger partial charge in [0.2, 0.25) is 0 Å². The van der Waals surface area contributed by atoms with Crippen LogP contribution < -0.4 is 4.72 Å². The molecule has 0 spiro atoms. The molecule has 0 saturated heterocycles. The van der Waals surface area contributed by atoms with E-state index in [-0.39, 0.29) is 12.1 Å². The fourth-order valence-corrected chi connectivity index (χ4v) is 3.96. The van der Waals surface area contributed by atoms with Crippen LogP contribution in [0.2, 0.25) is 0 Å². The topological polar surface area (TPSA) is 92.5 Å². The number of aryl methyl sites for hydroxylation is 2. The Bertz CT molecular complexity index is 873. The van der Waals surface area contributed by atoms with Crippen molar-refractivity contribution in [3.8, 4) is 0 Å². The molecule has 1 amide bonds. The molecule has 0 saturated carbocycles. The fourth-order valence-electron chi connectivity index (χ4n) is 2.86. The maximum atomic E-state index is 12.6. The van der Waals surface area contributed by atoms with Gasteiger partial charge in [-0.25, -0.2) is 4.72 Å². The van der Waals surface area contributed by atoms with Crippen LogP contribution in [0.25, 0.3) is 0 Å². The van der Waals surface area contributed by atoms with Crippen molar-refractivity contribution in [2.24, 2.45) is 0 Å². The zero-order valence-corrected chi connectivity index (χ0v) is 14.4. The van der Waals surface area contributed by atoms with Crippen molar-refractivity contribution in [1.29, 1.82) is 0 Å². The lowest BCUT2D eigenvalue weighted by Gasteiger charge is -2.27. The molecule has 128 valence electrons. The summed E-state index contributed by atoms with van der Waals surface area (Å²) in [7, 11) is -3.93. The molecule has 1 aliphatic heterocycles. The second-order valence-corrected chi connectivity index (χ2v) is 7.37. The summed E-state index contributed by atoms with van der Waals surface area (Å²) in [6.07, 6.45) is 1.11.